The average molecular weight is 419 g/mol. The summed E-state index contributed by atoms with van der Waals surface area (Å²) in [6, 6.07) is 2.92. The first-order chi connectivity index (χ1) is 12.4. The molecule has 0 aliphatic carbocycles. The fourth-order valence-corrected chi connectivity index (χ4v) is 4.81. The average Bonchev–Trinajstić information content (AvgIpc) is 3.09. The standard InChI is InChI=1S/C16H16N2O6S2.Na/c1-8(19)24-6-9-7-26-15-12(14(21)18(15)13(9)16(22)23)17-11(20)5-10-3-2-4-25-10;/h2-4,12,15H,5-7H2,1H3,(H,17,20)(H,22,23);/t12-,15?;/m1./s1. The van der Waals surface area contributed by atoms with Crippen LogP contribution in [0, 0.1) is 0 Å². The third-order valence-corrected chi connectivity index (χ3v) is 6.15. The van der Waals surface area contributed by atoms with Crippen LogP contribution in [0.5, 0.6) is 0 Å². The van der Waals surface area contributed by atoms with Crippen LogP contribution in [0.25, 0.3) is 0 Å². The van der Waals surface area contributed by atoms with Crippen LogP contribution in [0.2, 0.25) is 0 Å². The van der Waals surface area contributed by atoms with Crippen molar-refractivity contribution in [3.63, 3.8) is 0 Å². The predicted octanol–water partition coefficient (Wildman–Crippen LogP) is 0.212. The topological polar surface area (TPSA) is 113 Å². The zero-order valence-corrected chi connectivity index (χ0v) is 18.4. The number of carboxylic acid groups (broad SMARTS) is 1. The number of nitrogens with one attached hydrogen (secondary N) is 1. The Labute approximate surface area is 185 Å². The van der Waals surface area contributed by atoms with Gasteiger partial charge in [-0.1, -0.05) is 6.07 Å². The van der Waals surface area contributed by atoms with Gasteiger partial charge in [0.05, 0.1) is 6.42 Å². The summed E-state index contributed by atoms with van der Waals surface area (Å²) in [5, 5.41) is 13.5. The van der Waals surface area contributed by atoms with Crippen LogP contribution >= 0.6 is 23.1 Å². The van der Waals surface area contributed by atoms with E-state index in [0.29, 0.717) is 11.3 Å². The monoisotopic (exact) mass is 419 g/mol. The van der Waals surface area contributed by atoms with Crippen molar-refractivity contribution >= 4 is 76.4 Å². The molecule has 27 heavy (non-hydrogen) atoms. The Balaban J connectivity index is 0.00000261. The smallest absolute Gasteiger partial charge is 0.352 e. The number of carboxylic acids is 1. The normalized spacial score (nSPS) is 20.9. The molecule has 2 aliphatic rings. The molecule has 139 valence electrons. The van der Waals surface area contributed by atoms with E-state index in [1.165, 1.54) is 30.0 Å². The molecule has 1 unspecified atom stereocenters. The maximum Gasteiger partial charge on any atom is 0.352 e. The molecule has 1 fully saturated rings. The number of aliphatic carboxylic acids is 1. The molecule has 3 rings (SSSR count). The number of fused-ring (bicyclic) bond motifs is 1. The van der Waals surface area contributed by atoms with Crippen molar-refractivity contribution in [2.24, 2.45) is 0 Å². The number of carbonyl (C=O) groups is 4. The van der Waals surface area contributed by atoms with Crippen molar-refractivity contribution in [3.8, 4) is 0 Å². The number of rotatable bonds is 6. The Bertz CT molecular complexity index is 795. The molecule has 1 aromatic heterocycles. The third kappa shape index (κ3) is 4.75. The second-order valence-corrected chi connectivity index (χ2v) is 7.89. The van der Waals surface area contributed by atoms with E-state index in [4.69, 9.17) is 4.74 Å². The van der Waals surface area contributed by atoms with E-state index in [1.54, 1.807) is 0 Å². The van der Waals surface area contributed by atoms with E-state index >= 15 is 0 Å². The van der Waals surface area contributed by atoms with Gasteiger partial charge in [-0.3, -0.25) is 19.3 Å². The number of β-lactam (4-membered cyclic amide) rings is 1. The molecule has 0 spiro atoms. The molecule has 0 aromatic carbocycles. The maximum absolute atomic E-state index is 12.4. The second kappa shape index (κ2) is 9.24. The summed E-state index contributed by atoms with van der Waals surface area (Å²) in [6.45, 7) is 1.06. The number of amides is 2. The molecule has 2 N–H and O–H groups in total. The van der Waals surface area contributed by atoms with Gasteiger partial charge in [0.15, 0.2) is 0 Å². The Hall–Kier alpha value is -1.33. The number of esters is 1. The Morgan fingerprint density at radius 1 is 1.41 bits per heavy atom. The van der Waals surface area contributed by atoms with Crippen molar-refractivity contribution in [2.75, 3.05) is 12.4 Å². The summed E-state index contributed by atoms with van der Waals surface area (Å²) in [5.41, 5.74) is 0.203. The van der Waals surface area contributed by atoms with Crippen LogP contribution in [-0.2, 0) is 30.3 Å². The van der Waals surface area contributed by atoms with Gasteiger partial charge in [0.2, 0.25) is 5.91 Å². The van der Waals surface area contributed by atoms with Crippen LogP contribution in [0.15, 0.2) is 28.8 Å². The van der Waals surface area contributed by atoms with Gasteiger partial charge in [0.25, 0.3) is 5.91 Å². The third-order valence-electron chi connectivity index (χ3n) is 3.93. The molecular weight excluding hydrogens is 403 g/mol. The summed E-state index contributed by atoms with van der Waals surface area (Å²) in [4.78, 5) is 49.2. The van der Waals surface area contributed by atoms with Gasteiger partial charge in [0, 0.05) is 52.7 Å². The van der Waals surface area contributed by atoms with Crippen LogP contribution < -0.4 is 5.32 Å². The largest absolute Gasteiger partial charge is 0.477 e. The number of thiophene rings is 1. The molecule has 2 aliphatic heterocycles. The van der Waals surface area contributed by atoms with Crippen molar-refractivity contribution in [3.05, 3.63) is 33.7 Å². The van der Waals surface area contributed by atoms with Crippen molar-refractivity contribution < 1.29 is 29.0 Å². The van der Waals surface area contributed by atoms with E-state index in [0.717, 1.165) is 9.78 Å². The first kappa shape index (κ1) is 22.0. The number of hydrogen-bond acceptors (Lipinski definition) is 7. The summed E-state index contributed by atoms with van der Waals surface area (Å²) in [6.07, 6.45) is 0.179. The van der Waals surface area contributed by atoms with Gasteiger partial charge in [-0.2, -0.15) is 0 Å². The minimum atomic E-state index is -1.26. The predicted molar refractivity (Wildman–Crippen MR) is 100 cm³/mol. The van der Waals surface area contributed by atoms with E-state index in [-0.39, 0.29) is 54.2 Å². The number of hydrogen-bond donors (Lipinski definition) is 2. The van der Waals surface area contributed by atoms with Crippen LogP contribution in [0.3, 0.4) is 0 Å². The van der Waals surface area contributed by atoms with Gasteiger partial charge in [-0.25, -0.2) is 4.79 Å². The summed E-state index contributed by atoms with van der Waals surface area (Å²) in [5.74, 6) is -2.23. The van der Waals surface area contributed by atoms with Gasteiger partial charge in [0.1, 0.15) is 23.7 Å². The molecule has 1 radical (unpaired) electrons. The number of thioether (sulfide) groups is 1. The molecule has 0 saturated carbocycles. The minimum Gasteiger partial charge on any atom is -0.477 e. The zero-order chi connectivity index (χ0) is 18.8. The summed E-state index contributed by atoms with van der Waals surface area (Å²) < 4.78 is 4.87. The molecule has 1 aromatic rings. The minimum absolute atomic E-state index is 0. The first-order valence-corrected chi connectivity index (χ1v) is 9.66. The SMILES string of the molecule is CC(=O)OCC1=C(C(=O)O)N2C(=O)[C@@H](NC(=O)Cc3cccs3)C2SC1.[Na]. The molecule has 1 saturated heterocycles. The van der Waals surface area contributed by atoms with Gasteiger partial charge in [-0.05, 0) is 11.4 Å². The molecule has 11 heteroatoms. The van der Waals surface area contributed by atoms with Crippen molar-refractivity contribution in [1.82, 2.24) is 10.2 Å². The molecule has 8 nitrogen and oxygen atoms in total. The van der Waals surface area contributed by atoms with Gasteiger partial charge in [-0.15, -0.1) is 23.1 Å². The van der Waals surface area contributed by atoms with E-state index in [2.05, 4.69) is 5.32 Å². The fourth-order valence-electron chi connectivity index (χ4n) is 2.78. The molecule has 2 atom stereocenters. The summed E-state index contributed by atoms with van der Waals surface area (Å²) >= 11 is 2.79. The Morgan fingerprint density at radius 3 is 2.74 bits per heavy atom. The van der Waals surface area contributed by atoms with Crippen LogP contribution in [0.4, 0.5) is 0 Å². The van der Waals surface area contributed by atoms with Crippen molar-refractivity contribution in [1.29, 1.82) is 0 Å². The quantitative estimate of drug-likeness (QED) is 0.385. The van der Waals surface area contributed by atoms with E-state index < -0.39 is 29.3 Å². The second-order valence-electron chi connectivity index (χ2n) is 5.75. The summed E-state index contributed by atoms with van der Waals surface area (Å²) in [7, 11) is 0. The number of carbonyl (C=O) groups excluding carboxylic acids is 3. The number of ether oxygens (including phenoxy) is 1. The first-order valence-electron chi connectivity index (χ1n) is 7.73. The fraction of sp³-hybridized carbons (Fsp3) is 0.375. The zero-order valence-electron chi connectivity index (χ0n) is 14.8. The van der Waals surface area contributed by atoms with E-state index in [9.17, 15) is 24.3 Å². The van der Waals surface area contributed by atoms with Crippen molar-refractivity contribution in [2.45, 2.75) is 24.8 Å². The maximum atomic E-state index is 12.4. The molecule has 0 bridgehead atoms. The molecular formula is C16H16N2NaO6S2. The molecule has 3 heterocycles. The Morgan fingerprint density at radius 2 is 2.15 bits per heavy atom. The van der Waals surface area contributed by atoms with Gasteiger partial charge < -0.3 is 15.2 Å². The molecule has 2 amide bonds. The number of nitrogens with zero attached hydrogens (tertiary/aromatic N) is 1. The Kier molecular flexibility index (Phi) is 7.52. The van der Waals surface area contributed by atoms with Crippen LogP contribution in [-0.4, -0.2) is 87.1 Å². The van der Waals surface area contributed by atoms with Crippen LogP contribution in [0.1, 0.15) is 11.8 Å². The van der Waals surface area contributed by atoms with E-state index in [1.807, 2.05) is 17.5 Å². The van der Waals surface area contributed by atoms with Gasteiger partial charge >= 0.3 is 11.9 Å².